The number of benzene rings is 1. The normalized spacial score (nSPS) is 15.1. The average Bonchev–Trinajstić information content (AvgIpc) is 2.52. The number of hydrogen-bond acceptors (Lipinski definition) is 4. The second-order valence-electron chi connectivity index (χ2n) is 5.59. The molecule has 0 unspecified atom stereocenters. The molecule has 5 nitrogen and oxygen atoms in total. The second-order valence-corrected chi connectivity index (χ2v) is 5.59. The number of carbonyl (C=O) groups is 1. The Balaban J connectivity index is 2.15. The third kappa shape index (κ3) is 4.11. The fraction of sp³-hybridized carbons (Fsp3) is 0.562. The molecule has 1 saturated heterocycles. The maximum Gasteiger partial charge on any atom is 0.254 e. The standard InChI is InChI=1S/C16H24N2O3/c1-12(2)11-17-14-10-13(4-5-15(14)20-3)16(19)18-6-8-21-9-7-18/h4-5,10,12,17H,6-9,11H2,1-3H3. The number of hydrogen-bond donors (Lipinski definition) is 1. The molecule has 1 aliphatic rings. The molecule has 0 atom stereocenters. The van der Waals surface area contributed by atoms with Crippen molar-refractivity contribution in [2.24, 2.45) is 5.92 Å². The fourth-order valence-corrected chi connectivity index (χ4v) is 2.24. The van der Waals surface area contributed by atoms with Gasteiger partial charge >= 0.3 is 0 Å². The maximum atomic E-state index is 12.5. The lowest BCUT2D eigenvalue weighted by atomic mass is 10.1. The van der Waals surface area contributed by atoms with Crippen LogP contribution in [0.1, 0.15) is 24.2 Å². The van der Waals surface area contributed by atoms with Crippen LogP contribution in [0.2, 0.25) is 0 Å². The Labute approximate surface area is 126 Å². The van der Waals surface area contributed by atoms with Crippen LogP contribution in [-0.2, 0) is 4.74 Å². The number of amides is 1. The molecule has 0 aliphatic carbocycles. The Morgan fingerprint density at radius 3 is 2.71 bits per heavy atom. The molecule has 0 saturated carbocycles. The van der Waals surface area contributed by atoms with Gasteiger partial charge in [0, 0.05) is 25.2 Å². The van der Waals surface area contributed by atoms with E-state index < -0.39 is 0 Å². The van der Waals surface area contributed by atoms with Crippen molar-refractivity contribution in [3.8, 4) is 5.75 Å². The van der Waals surface area contributed by atoms with Crippen molar-refractivity contribution in [2.75, 3.05) is 45.3 Å². The van der Waals surface area contributed by atoms with Gasteiger partial charge in [-0.25, -0.2) is 0 Å². The molecule has 1 amide bonds. The van der Waals surface area contributed by atoms with E-state index in [4.69, 9.17) is 9.47 Å². The summed E-state index contributed by atoms with van der Waals surface area (Å²) in [5.74, 6) is 1.33. The summed E-state index contributed by atoms with van der Waals surface area (Å²) >= 11 is 0. The number of nitrogens with zero attached hydrogens (tertiary/aromatic N) is 1. The summed E-state index contributed by atoms with van der Waals surface area (Å²) in [6.07, 6.45) is 0. The van der Waals surface area contributed by atoms with Crippen molar-refractivity contribution in [2.45, 2.75) is 13.8 Å². The third-order valence-electron chi connectivity index (χ3n) is 3.45. The van der Waals surface area contributed by atoms with Gasteiger partial charge in [-0.15, -0.1) is 0 Å². The number of ether oxygens (including phenoxy) is 2. The van der Waals surface area contributed by atoms with Crippen molar-refractivity contribution in [1.82, 2.24) is 4.90 Å². The van der Waals surface area contributed by atoms with Crippen molar-refractivity contribution < 1.29 is 14.3 Å². The molecule has 21 heavy (non-hydrogen) atoms. The Hall–Kier alpha value is -1.75. The summed E-state index contributed by atoms with van der Waals surface area (Å²) in [7, 11) is 1.64. The van der Waals surface area contributed by atoms with E-state index in [9.17, 15) is 4.79 Å². The minimum atomic E-state index is 0.0496. The quantitative estimate of drug-likeness (QED) is 0.904. The molecule has 0 aromatic heterocycles. The lowest BCUT2D eigenvalue weighted by Gasteiger charge is -2.27. The minimum Gasteiger partial charge on any atom is -0.495 e. The van der Waals surface area contributed by atoms with Gasteiger partial charge in [0.05, 0.1) is 26.0 Å². The topological polar surface area (TPSA) is 50.8 Å². The predicted octanol–water partition coefficient (Wildman–Crippen LogP) is 2.24. The van der Waals surface area contributed by atoms with Crippen LogP contribution in [0.4, 0.5) is 5.69 Å². The summed E-state index contributed by atoms with van der Waals surface area (Å²) in [6, 6.07) is 5.53. The van der Waals surface area contributed by atoms with E-state index in [1.165, 1.54) is 0 Å². The molecule has 0 bridgehead atoms. The SMILES string of the molecule is COc1ccc(C(=O)N2CCOCC2)cc1NCC(C)C. The van der Waals surface area contributed by atoms with Gasteiger partial charge < -0.3 is 19.7 Å². The van der Waals surface area contributed by atoms with Gasteiger partial charge in [0.2, 0.25) is 0 Å². The highest BCUT2D eigenvalue weighted by atomic mass is 16.5. The lowest BCUT2D eigenvalue weighted by Crippen LogP contribution is -2.40. The summed E-state index contributed by atoms with van der Waals surface area (Å²) in [5.41, 5.74) is 1.55. The molecule has 1 aromatic carbocycles. The van der Waals surface area contributed by atoms with Crippen molar-refractivity contribution >= 4 is 11.6 Å². The molecule has 1 aromatic rings. The van der Waals surface area contributed by atoms with Crippen LogP contribution < -0.4 is 10.1 Å². The van der Waals surface area contributed by atoms with Gasteiger partial charge in [-0.3, -0.25) is 4.79 Å². The van der Waals surface area contributed by atoms with Crippen molar-refractivity contribution in [3.05, 3.63) is 23.8 Å². The molecule has 1 fully saturated rings. The first kappa shape index (κ1) is 15.6. The van der Waals surface area contributed by atoms with Gasteiger partial charge in [0.15, 0.2) is 0 Å². The molecule has 1 aliphatic heterocycles. The zero-order chi connectivity index (χ0) is 15.2. The Bertz CT molecular complexity index is 482. The van der Waals surface area contributed by atoms with Crippen LogP contribution in [0.25, 0.3) is 0 Å². The summed E-state index contributed by atoms with van der Waals surface area (Å²) in [5, 5.41) is 3.34. The third-order valence-corrected chi connectivity index (χ3v) is 3.45. The number of methoxy groups -OCH3 is 1. The first-order valence-corrected chi connectivity index (χ1v) is 7.40. The number of anilines is 1. The Morgan fingerprint density at radius 1 is 1.38 bits per heavy atom. The van der Waals surface area contributed by atoms with E-state index in [0.29, 0.717) is 37.8 Å². The highest BCUT2D eigenvalue weighted by molar-refractivity contribution is 5.95. The Kier molecular flexibility index (Phi) is 5.44. The van der Waals surface area contributed by atoms with E-state index >= 15 is 0 Å². The molecule has 2 rings (SSSR count). The van der Waals surface area contributed by atoms with Crippen LogP contribution in [0.5, 0.6) is 5.75 Å². The van der Waals surface area contributed by atoms with Crippen LogP contribution in [0, 0.1) is 5.92 Å². The van der Waals surface area contributed by atoms with E-state index in [1.54, 1.807) is 7.11 Å². The predicted molar refractivity (Wildman–Crippen MR) is 83.0 cm³/mol. The monoisotopic (exact) mass is 292 g/mol. The molecule has 116 valence electrons. The molecular formula is C16H24N2O3. The van der Waals surface area contributed by atoms with E-state index in [2.05, 4.69) is 19.2 Å². The van der Waals surface area contributed by atoms with E-state index in [1.807, 2.05) is 23.1 Å². The molecular weight excluding hydrogens is 268 g/mol. The number of nitrogens with one attached hydrogen (secondary N) is 1. The number of morpholine rings is 1. The molecule has 1 heterocycles. The summed E-state index contributed by atoms with van der Waals surface area (Å²) in [4.78, 5) is 14.3. The van der Waals surface area contributed by atoms with Crippen molar-refractivity contribution in [1.29, 1.82) is 0 Å². The van der Waals surface area contributed by atoms with Crippen LogP contribution in [0.3, 0.4) is 0 Å². The second kappa shape index (κ2) is 7.31. The van der Waals surface area contributed by atoms with Gasteiger partial charge in [0.25, 0.3) is 5.91 Å². The molecule has 1 N–H and O–H groups in total. The fourth-order valence-electron chi connectivity index (χ4n) is 2.24. The molecule has 0 spiro atoms. The van der Waals surface area contributed by atoms with Crippen molar-refractivity contribution in [3.63, 3.8) is 0 Å². The minimum absolute atomic E-state index is 0.0496. The highest BCUT2D eigenvalue weighted by Crippen LogP contribution is 2.26. The number of carbonyl (C=O) groups excluding carboxylic acids is 1. The van der Waals surface area contributed by atoms with Gasteiger partial charge in [-0.1, -0.05) is 13.8 Å². The van der Waals surface area contributed by atoms with E-state index in [0.717, 1.165) is 18.0 Å². The van der Waals surface area contributed by atoms with Gasteiger partial charge in [-0.05, 0) is 24.1 Å². The van der Waals surface area contributed by atoms with Gasteiger partial charge in [-0.2, -0.15) is 0 Å². The van der Waals surface area contributed by atoms with Gasteiger partial charge in [0.1, 0.15) is 5.75 Å². The smallest absolute Gasteiger partial charge is 0.254 e. The van der Waals surface area contributed by atoms with E-state index in [-0.39, 0.29) is 5.91 Å². The molecule has 5 heteroatoms. The average molecular weight is 292 g/mol. The van der Waals surface area contributed by atoms with Crippen LogP contribution >= 0.6 is 0 Å². The maximum absolute atomic E-state index is 12.5. The zero-order valence-electron chi connectivity index (χ0n) is 13.0. The first-order valence-electron chi connectivity index (χ1n) is 7.40. The van der Waals surface area contributed by atoms with Crippen LogP contribution in [-0.4, -0.2) is 50.8 Å². The molecule has 0 radical (unpaired) electrons. The number of rotatable bonds is 5. The zero-order valence-corrected chi connectivity index (χ0v) is 13.0. The van der Waals surface area contributed by atoms with Crippen LogP contribution in [0.15, 0.2) is 18.2 Å². The largest absolute Gasteiger partial charge is 0.495 e. The highest BCUT2D eigenvalue weighted by Gasteiger charge is 2.19. The summed E-state index contributed by atoms with van der Waals surface area (Å²) < 4.78 is 10.6. The lowest BCUT2D eigenvalue weighted by molar-refractivity contribution is 0.0303. The first-order chi connectivity index (χ1) is 10.1. The summed E-state index contributed by atoms with van der Waals surface area (Å²) in [6.45, 7) is 7.65. The Morgan fingerprint density at radius 2 is 2.10 bits per heavy atom.